The fourth-order valence-electron chi connectivity index (χ4n) is 10.3. The number of rotatable bonds is 7. The molecule has 0 N–H and O–H groups in total. The Kier molecular flexibility index (Phi) is 9.17. The number of hydrogen-bond acceptors (Lipinski definition) is 3. The number of benzene rings is 10. The van der Waals surface area contributed by atoms with E-state index in [0.717, 1.165) is 111 Å². The van der Waals surface area contributed by atoms with E-state index < -0.39 is 0 Å². The summed E-state index contributed by atoms with van der Waals surface area (Å²) in [5.41, 5.74) is 14.9. The van der Waals surface area contributed by atoms with Gasteiger partial charge in [0.25, 0.3) is 0 Å². The third kappa shape index (κ3) is 6.43. The van der Waals surface area contributed by atoms with Gasteiger partial charge in [-0.15, -0.1) is 0 Å². The van der Waals surface area contributed by atoms with Crippen molar-refractivity contribution >= 4 is 54.1 Å². The van der Waals surface area contributed by atoms with Crippen molar-refractivity contribution in [2.45, 2.75) is 0 Å². The number of hydrogen-bond donors (Lipinski definition) is 0. The van der Waals surface area contributed by atoms with E-state index in [1.54, 1.807) is 0 Å². The van der Waals surface area contributed by atoms with Crippen LogP contribution in [0, 0.1) is 0 Å². The largest absolute Gasteiger partial charge is 0.455 e. The molecule has 0 bridgehead atoms. The molecule has 0 unspecified atom stereocenters. The molecule has 13 rings (SSSR count). The van der Waals surface area contributed by atoms with Crippen molar-refractivity contribution in [3.8, 4) is 78.4 Å². The van der Waals surface area contributed by atoms with E-state index >= 15 is 0 Å². The molecule has 312 valence electrons. The zero-order valence-corrected chi connectivity index (χ0v) is 36.4. The number of nitrogens with zero attached hydrogens (tertiary/aromatic N) is 2. The third-order valence-corrected chi connectivity index (χ3v) is 13.3. The van der Waals surface area contributed by atoms with Gasteiger partial charge in [-0.1, -0.05) is 218 Å². The molecule has 0 aliphatic carbocycles. The Labute approximate surface area is 387 Å². The van der Waals surface area contributed by atoms with Crippen LogP contribution in [0.4, 0.5) is 0 Å². The predicted molar refractivity (Wildman–Crippen MR) is 280 cm³/mol. The molecular formula is C64H40N2O. The van der Waals surface area contributed by atoms with Crippen LogP contribution in [0.5, 0.6) is 0 Å². The summed E-state index contributed by atoms with van der Waals surface area (Å²) in [5.74, 6) is 1.68. The molecule has 0 aliphatic rings. The number of furan rings is 1. The van der Waals surface area contributed by atoms with Gasteiger partial charge in [0.1, 0.15) is 11.5 Å². The van der Waals surface area contributed by atoms with Gasteiger partial charge in [-0.2, -0.15) is 0 Å². The second-order valence-corrected chi connectivity index (χ2v) is 17.1. The third-order valence-electron chi connectivity index (χ3n) is 13.3. The molecule has 3 aromatic heterocycles. The van der Waals surface area contributed by atoms with Crippen molar-refractivity contribution in [3.63, 3.8) is 0 Å². The monoisotopic (exact) mass is 852 g/mol. The highest BCUT2D eigenvalue weighted by atomic mass is 16.3. The summed E-state index contributed by atoms with van der Waals surface area (Å²) in [6, 6.07) is 84.5. The maximum atomic E-state index is 7.52. The van der Waals surface area contributed by atoms with Crippen LogP contribution in [0.3, 0.4) is 0 Å². The molecule has 0 saturated carbocycles. The van der Waals surface area contributed by atoms with Crippen LogP contribution in [-0.2, 0) is 0 Å². The summed E-state index contributed by atoms with van der Waals surface area (Å²) in [5, 5.41) is 9.10. The van der Waals surface area contributed by atoms with Gasteiger partial charge in [0.2, 0.25) is 0 Å². The smallest absolute Gasteiger partial charge is 0.144 e. The van der Waals surface area contributed by atoms with Gasteiger partial charge in [-0.25, -0.2) is 4.98 Å². The molecule has 0 fully saturated rings. The molecule has 3 nitrogen and oxygen atoms in total. The molecule has 0 amide bonds. The minimum Gasteiger partial charge on any atom is -0.455 e. The van der Waals surface area contributed by atoms with Crippen molar-refractivity contribution in [3.05, 3.63) is 243 Å². The Morgan fingerprint density at radius 2 is 0.761 bits per heavy atom. The minimum atomic E-state index is 0.830. The van der Waals surface area contributed by atoms with Gasteiger partial charge in [0.05, 0.1) is 16.7 Å². The quantitative estimate of drug-likeness (QED) is 0.118. The van der Waals surface area contributed by atoms with Gasteiger partial charge in [0.15, 0.2) is 0 Å². The zero-order chi connectivity index (χ0) is 44.3. The first-order valence-corrected chi connectivity index (χ1v) is 22.8. The molecule has 0 aliphatic heterocycles. The fraction of sp³-hybridized carbons (Fsp3) is 0. The Hall–Kier alpha value is -8.92. The highest BCUT2D eigenvalue weighted by molar-refractivity contribution is 6.23. The fourth-order valence-corrected chi connectivity index (χ4v) is 10.3. The normalized spacial score (nSPS) is 11.6. The van der Waals surface area contributed by atoms with E-state index in [1.807, 2.05) is 12.3 Å². The summed E-state index contributed by atoms with van der Waals surface area (Å²) in [7, 11) is 0. The second-order valence-electron chi connectivity index (χ2n) is 17.1. The molecular weight excluding hydrogens is 813 g/mol. The molecule has 0 spiro atoms. The molecule has 0 atom stereocenters. The van der Waals surface area contributed by atoms with Crippen molar-refractivity contribution in [1.82, 2.24) is 9.97 Å². The van der Waals surface area contributed by atoms with E-state index in [0.29, 0.717) is 0 Å². The van der Waals surface area contributed by atoms with Gasteiger partial charge in [-0.3, -0.25) is 4.98 Å². The van der Waals surface area contributed by atoms with Crippen LogP contribution < -0.4 is 0 Å². The summed E-state index contributed by atoms with van der Waals surface area (Å²) in [4.78, 5) is 10.0. The first-order chi connectivity index (χ1) is 33.3. The standard InChI is InChI=1S/C64H40N2O/c1-4-18-41(19-5-1)57-52-29-12-14-31-54(52)60(55-32-15-13-30-53(55)57)64-58(42-20-6-2-7-21-42)59(63(67-64)45-22-8-3-9-23-45)47-25-16-24-46(40-47)48-36-37-51(50-28-11-10-27-49(48)50)56-38-35-44-34-33-43-26-17-39-65-61(43)62(44)66-56/h1-40H. The lowest BCUT2D eigenvalue weighted by Gasteiger charge is -2.17. The molecule has 10 aromatic carbocycles. The highest BCUT2D eigenvalue weighted by Gasteiger charge is 2.29. The van der Waals surface area contributed by atoms with Crippen LogP contribution in [0.2, 0.25) is 0 Å². The van der Waals surface area contributed by atoms with E-state index in [1.165, 1.54) is 21.9 Å². The summed E-state index contributed by atoms with van der Waals surface area (Å²) in [6.07, 6.45) is 1.84. The maximum absolute atomic E-state index is 7.52. The van der Waals surface area contributed by atoms with Crippen molar-refractivity contribution in [2.75, 3.05) is 0 Å². The lowest BCUT2D eigenvalue weighted by atomic mass is 9.85. The van der Waals surface area contributed by atoms with Gasteiger partial charge in [-0.05, 0) is 83.9 Å². The van der Waals surface area contributed by atoms with Crippen LogP contribution in [-0.4, -0.2) is 9.97 Å². The predicted octanol–water partition coefficient (Wildman–Crippen LogP) is 17.5. The van der Waals surface area contributed by atoms with Gasteiger partial charge in [0, 0.05) is 44.8 Å². The molecule has 3 heterocycles. The van der Waals surface area contributed by atoms with Crippen molar-refractivity contribution in [1.29, 1.82) is 0 Å². The van der Waals surface area contributed by atoms with Crippen molar-refractivity contribution in [2.24, 2.45) is 0 Å². The zero-order valence-electron chi connectivity index (χ0n) is 36.4. The summed E-state index contributed by atoms with van der Waals surface area (Å²) in [6.45, 7) is 0. The summed E-state index contributed by atoms with van der Waals surface area (Å²) >= 11 is 0. The van der Waals surface area contributed by atoms with E-state index in [9.17, 15) is 0 Å². The number of aromatic nitrogens is 2. The molecule has 3 heteroatoms. The minimum absolute atomic E-state index is 0.830. The first kappa shape index (κ1) is 38.5. The Morgan fingerprint density at radius 1 is 0.284 bits per heavy atom. The first-order valence-electron chi connectivity index (χ1n) is 22.8. The number of pyridine rings is 2. The molecule has 67 heavy (non-hydrogen) atoms. The van der Waals surface area contributed by atoms with Crippen LogP contribution in [0.15, 0.2) is 247 Å². The van der Waals surface area contributed by atoms with Crippen LogP contribution >= 0.6 is 0 Å². The topological polar surface area (TPSA) is 38.9 Å². The Morgan fingerprint density at radius 3 is 1.42 bits per heavy atom. The lowest BCUT2D eigenvalue weighted by molar-refractivity contribution is 0.600. The van der Waals surface area contributed by atoms with E-state index in [2.05, 4.69) is 231 Å². The van der Waals surface area contributed by atoms with E-state index in [4.69, 9.17) is 14.4 Å². The molecule has 0 saturated heterocycles. The Bertz CT molecular complexity index is 3970. The highest BCUT2D eigenvalue weighted by Crippen LogP contribution is 2.53. The van der Waals surface area contributed by atoms with Crippen LogP contribution in [0.1, 0.15) is 0 Å². The number of fused-ring (bicyclic) bond motifs is 6. The Balaban J connectivity index is 1.05. The van der Waals surface area contributed by atoms with Gasteiger partial charge >= 0.3 is 0 Å². The lowest BCUT2D eigenvalue weighted by Crippen LogP contribution is -1.92. The molecule has 13 aromatic rings. The van der Waals surface area contributed by atoms with Crippen molar-refractivity contribution < 1.29 is 4.42 Å². The average Bonchev–Trinajstić information content (AvgIpc) is 3.80. The van der Waals surface area contributed by atoms with E-state index in [-0.39, 0.29) is 0 Å². The second kappa shape index (κ2) is 16.0. The van der Waals surface area contributed by atoms with Crippen LogP contribution in [0.25, 0.3) is 133 Å². The average molecular weight is 853 g/mol. The maximum Gasteiger partial charge on any atom is 0.144 e. The SMILES string of the molecule is c1ccc(-c2oc(-c3c4ccccc4c(-c4ccccc4)c4ccccc34)c(-c3ccccc3)c2-c2cccc(-c3ccc(-c4ccc5ccc6cccnc6c5n4)c4ccccc34)c2)cc1. The molecule has 0 radical (unpaired) electrons. The van der Waals surface area contributed by atoms with Gasteiger partial charge < -0.3 is 4.42 Å². The summed E-state index contributed by atoms with van der Waals surface area (Å²) < 4.78 is 7.52.